The van der Waals surface area contributed by atoms with Crippen molar-refractivity contribution in [2.75, 3.05) is 25.0 Å². The lowest BCUT2D eigenvalue weighted by molar-refractivity contribution is -0.152. The van der Waals surface area contributed by atoms with Gasteiger partial charge in [-0.1, -0.05) is 18.2 Å². The van der Waals surface area contributed by atoms with E-state index in [2.05, 4.69) is 5.32 Å². The summed E-state index contributed by atoms with van der Waals surface area (Å²) in [5.74, 6) is -1.29. The van der Waals surface area contributed by atoms with Crippen molar-refractivity contribution in [2.45, 2.75) is 26.7 Å². The van der Waals surface area contributed by atoms with E-state index in [0.717, 1.165) is 5.56 Å². The van der Waals surface area contributed by atoms with Gasteiger partial charge in [0.2, 0.25) is 0 Å². The number of hydrogen-bond donors (Lipinski definition) is 1. The second kappa shape index (κ2) is 10.0. The second-order valence-electron chi connectivity index (χ2n) is 7.67. The van der Waals surface area contributed by atoms with Crippen LogP contribution in [0.25, 0.3) is 0 Å². The van der Waals surface area contributed by atoms with Crippen LogP contribution in [0.1, 0.15) is 46.0 Å². The lowest BCUT2D eigenvalue weighted by atomic mass is 9.96. The maximum absolute atomic E-state index is 12.7. The number of esters is 1. The summed E-state index contributed by atoms with van der Waals surface area (Å²) in [7, 11) is 0. The minimum absolute atomic E-state index is 0.0277. The first kappa shape index (κ1) is 22.2. The number of benzene rings is 2. The smallest absolute Gasteiger partial charge is 0.309 e. The maximum atomic E-state index is 12.7. The molecule has 2 aromatic carbocycles. The summed E-state index contributed by atoms with van der Waals surface area (Å²) in [6.07, 6.45) is 1.01. The molecule has 0 aromatic heterocycles. The monoisotopic (exact) mass is 422 g/mol. The highest BCUT2D eigenvalue weighted by molar-refractivity contribution is 5.97. The Morgan fingerprint density at radius 3 is 2.26 bits per heavy atom. The first-order valence-electron chi connectivity index (χ1n) is 10.3. The van der Waals surface area contributed by atoms with Gasteiger partial charge in [-0.25, -0.2) is 0 Å². The summed E-state index contributed by atoms with van der Waals surface area (Å²) in [5, 5.41) is 2.63. The van der Waals surface area contributed by atoms with Gasteiger partial charge in [-0.3, -0.25) is 19.2 Å². The number of rotatable bonds is 6. The van der Waals surface area contributed by atoms with E-state index in [9.17, 15) is 19.2 Å². The predicted molar refractivity (Wildman–Crippen MR) is 116 cm³/mol. The number of Topliss-reactive ketones (excluding diaryl/α,β-unsaturated/α-hetero) is 1. The Labute approximate surface area is 181 Å². The molecule has 3 rings (SSSR count). The number of anilines is 1. The van der Waals surface area contributed by atoms with Crippen molar-refractivity contribution < 1.29 is 23.9 Å². The van der Waals surface area contributed by atoms with E-state index >= 15 is 0 Å². The molecule has 0 saturated carbocycles. The van der Waals surface area contributed by atoms with Crippen molar-refractivity contribution in [3.05, 3.63) is 65.2 Å². The van der Waals surface area contributed by atoms with Gasteiger partial charge in [-0.05, 0) is 62.6 Å². The van der Waals surface area contributed by atoms with Crippen LogP contribution in [0.2, 0.25) is 0 Å². The minimum atomic E-state index is -0.448. The van der Waals surface area contributed by atoms with Gasteiger partial charge in [-0.15, -0.1) is 0 Å². The first-order valence-corrected chi connectivity index (χ1v) is 10.3. The van der Waals surface area contributed by atoms with Crippen LogP contribution in [0, 0.1) is 12.8 Å². The fraction of sp³-hybridized carbons (Fsp3) is 0.333. The van der Waals surface area contributed by atoms with E-state index in [1.165, 1.54) is 6.92 Å². The summed E-state index contributed by atoms with van der Waals surface area (Å²) in [4.78, 5) is 50.1. The third-order valence-electron chi connectivity index (χ3n) is 5.41. The quantitative estimate of drug-likeness (QED) is 0.570. The van der Waals surface area contributed by atoms with Crippen molar-refractivity contribution in [3.63, 3.8) is 0 Å². The maximum Gasteiger partial charge on any atom is 0.309 e. The molecule has 1 aliphatic heterocycles. The summed E-state index contributed by atoms with van der Waals surface area (Å²) in [5.41, 5.74) is 2.68. The zero-order valence-electron chi connectivity index (χ0n) is 17.7. The molecule has 0 spiro atoms. The van der Waals surface area contributed by atoms with E-state index < -0.39 is 11.9 Å². The predicted octanol–water partition coefficient (Wildman–Crippen LogP) is 3.23. The summed E-state index contributed by atoms with van der Waals surface area (Å²) in [6.45, 7) is 3.94. The highest BCUT2D eigenvalue weighted by Gasteiger charge is 2.29. The molecule has 0 unspecified atom stereocenters. The Balaban J connectivity index is 1.43. The van der Waals surface area contributed by atoms with Gasteiger partial charge in [-0.2, -0.15) is 0 Å². The van der Waals surface area contributed by atoms with Crippen molar-refractivity contribution in [2.24, 2.45) is 5.92 Å². The molecular formula is C24H26N2O5. The van der Waals surface area contributed by atoms with Crippen LogP contribution in [0.5, 0.6) is 0 Å². The van der Waals surface area contributed by atoms with Crippen LogP contribution < -0.4 is 5.32 Å². The molecule has 2 aromatic rings. The van der Waals surface area contributed by atoms with Gasteiger partial charge < -0.3 is 15.0 Å². The Kier molecular flexibility index (Phi) is 7.18. The number of ether oxygens (including phenoxy) is 1. The average molecular weight is 422 g/mol. The van der Waals surface area contributed by atoms with Gasteiger partial charge >= 0.3 is 5.97 Å². The molecule has 7 nitrogen and oxygen atoms in total. The molecule has 0 radical (unpaired) electrons. The van der Waals surface area contributed by atoms with Crippen molar-refractivity contribution >= 4 is 29.3 Å². The number of likely N-dealkylation sites (tertiary alicyclic amines) is 1. The SMILES string of the molecule is CC(=O)c1ccc(NC(=O)COC(=O)C2CCN(C(=O)c3ccccc3C)CC2)cc1. The van der Waals surface area contributed by atoms with E-state index in [1.807, 2.05) is 31.2 Å². The fourth-order valence-electron chi connectivity index (χ4n) is 3.54. The largest absolute Gasteiger partial charge is 0.455 e. The van der Waals surface area contributed by atoms with Crippen LogP contribution in [-0.2, 0) is 14.3 Å². The molecule has 162 valence electrons. The number of ketones is 1. The van der Waals surface area contributed by atoms with Crippen molar-refractivity contribution in [1.29, 1.82) is 0 Å². The lowest BCUT2D eigenvalue weighted by Gasteiger charge is -2.31. The summed E-state index contributed by atoms with van der Waals surface area (Å²) < 4.78 is 5.17. The Morgan fingerprint density at radius 1 is 1.00 bits per heavy atom. The van der Waals surface area contributed by atoms with E-state index in [1.54, 1.807) is 29.2 Å². The standard InChI is InChI=1S/C24H26N2O5/c1-16-5-3-4-6-21(16)23(29)26-13-11-19(12-14-26)24(30)31-15-22(28)25-20-9-7-18(8-10-20)17(2)27/h3-10,19H,11-15H2,1-2H3,(H,25,28). The van der Waals surface area contributed by atoms with Gasteiger partial charge in [0.25, 0.3) is 11.8 Å². The second-order valence-corrected chi connectivity index (χ2v) is 7.67. The Morgan fingerprint density at radius 2 is 1.65 bits per heavy atom. The Bertz CT molecular complexity index is 976. The molecule has 1 heterocycles. The number of hydrogen-bond acceptors (Lipinski definition) is 5. The highest BCUT2D eigenvalue weighted by atomic mass is 16.5. The molecule has 1 fully saturated rings. The normalized spacial score (nSPS) is 14.1. The lowest BCUT2D eigenvalue weighted by Crippen LogP contribution is -2.41. The molecule has 1 aliphatic rings. The van der Waals surface area contributed by atoms with Gasteiger partial charge in [0.15, 0.2) is 12.4 Å². The third kappa shape index (κ3) is 5.78. The van der Waals surface area contributed by atoms with Crippen LogP contribution in [0.4, 0.5) is 5.69 Å². The Hall–Kier alpha value is -3.48. The molecule has 1 N–H and O–H groups in total. The van der Waals surface area contributed by atoms with Crippen LogP contribution >= 0.6 is 0 Å². The summed E-state index contributed by atoms with van der Waals surface area (Å²) >= 11 is 0. The average Bonchev–Trinajstić information content (AvgIpc) is 2.78. The topological polar surface area (TPSA) is 92.8 Å². The molecule has 0 bridgehead atoms. The number of aryl methyl sites for hydroxylation is 1. The number of piperidine rings is 1. The first-order chi connectivity index (χ1) is 14.8. The molecule has 1 saturated heterocycles. The molecule has 0 aliphatic carbocycles. The van der Waals surface area contributed by atoms with Crippen LogP contribution in [-0.4, -0.2) is 48.2 Å². The zero-order chi connectivity index (χ0) is 22.4. The zero-order valence-corrected chi connectivity index (χ0v) is 17.7. The number of nitrogens with one attached hydrogen (secondary N) is 1. The molecule has 2 amide bonds. The number of carbonyl (C=O) groups is 4. The van der Waals surface area contributed by atoms with Gasteiger partial charge in [0.05, 0.1) is 5.92 Å². The van der Waals surface area contributed by atoms with Crippen molar-refractivity contribution in [1.82, 2.24) is 4.90 Å². The van der Waals surface area contributed by atoms with Gasteiger partial charge in [0, 0.05) is 29.9 Å². The molecule has 0 atom stereocenters. The molecule has 31 heavy (non-hydrogen) atoms. The van der Waals surface area contributed by atoms with E-state index in [0.29, 0.717) is 42.7 Å². The number of nitrogens with zero attached hydrogens (tertiary/aromatic N) is 1. The van der Waals surface area contributed by atoms with E-state index in [-0.39, 0.29) is 24.2 Å². The highest BCUT2D eigenvalue weighted by Crippen LogP contribution is 2.21. The summed E-state index contributed by atoms with van der Waals surface area (Å²) in [6, 6.07) is 13.9. The number of carbonyl (C=O) groups excluding carboxylic acids is 4. The van der Waals surface area contributed by atoms with Gasteiger partial charge in [0.1, 0.15) is 0 Å². The molecular weight excluding hydrogens is 396 g/mol. The third-order valence-corrected chi connectivity index (χ3v) is 5.41. The van der Waals surface area contributed by atoms with Crippen LogP contribution in [0.15, 0.2) is 48.5 Å². The number of amides is 2. The van der Waals surface area contributed by atoms with E-state index in [4.69, 9.17) is 4.74 Å². The fourth-order valence-corrected chi connectivity index (χ4v) is 3.54. The minimum Gasteiger partial charge on any atom is -0.455 e. The van der Waals surface area contributed by atoms with Crippen LogP contribution in [0.3, 0.4) is 0 Å². The van der Waals surface area contributed by atoms with Crippen molar-refractivity contribution in [3.8, 4) is 0 Å². The molecule has 7 heteroatoms.